The van der Waals surface area contributed by atoms with Gasteiger partial charge in [0.15, 0.2) is 0 Å². The van der Waals surface area contributed by atoms with Crippen molar-refractivity contribution in [1.29, 1.82) is 0 Å². The molecule has 0 amide bonds. The van der Waals surface area contributed by atoms with Gasteiger partial charge in [0, 0.05) is 0 Å². The van der Waals surface area contributed by atoms with E-state index in [9.17, 15) is 0 Å². The lowest BCUT2D eigenvalue weighted by Gasteiger charge is -2.20. The number of hydrogen-bond donors (Lipinski definition) is 0. The summed E-state index contributed by atoms with van der Waals surface area (Å²) in [5, 5.41) is 7.76. The second-order valence-corrected chi connectivity index (χ2v) is 10.3. The number of benzene rings is 7. The molecule has 7 rings (SSSR count). The smallest absolute Gasteiger partial charge is 0.00200 e. The van der Waals surface area contributed by atoms with Crippen molar-refractivity contribution >= 4 is 32.3 Å². The van der Waals surface area contributed by atoms with E-state index in [0.29, 0.717) is 0 Å². The van der Waals surface area contributed by atoms with Crippen LogP contribution in [0.1, 0.15) is 11.1 Å². The molecule has 0 radical (unpaired) electrons. The predicted octanol–water partition coefficient (Wildman–Crippen LogP) is 10.8. The van der Waals surface area contributed by atoms with Gasteiger partial charge in [-0.2, -0.15) is 0 Å². The fourth-order valence-electron chi connectivity index (χ4n) is 5.96. The molecule has 0 aliphatic carbocycles. The number of aryl methyl sites for hydroxylation is 2. The third-order valence-electron chi connectivity index (χ3n) is 7.77. The average molecular weight is 485 g/mol. The Labute approximate surface area is 223 Å². The van der Waals surface area contributed by atoms with E-state index in [2.05, 4.69) is 147 Å². The molecule has 0 heteroatoms. The standard InChI is InChI=1S/C38H28/c1-25-16-22-34-35(23-25)37(30-19-17-28(18-20-30)27-9-4-3-5-10-27)33-21-15-26(2)24-36(33)38(34)32-14-8-12-29-11-6-7-13-31(29)32/h3-24H,1-2H3. The molecule has 0 heterocycles. The van der Waals surface area contributed by atoms with Gasteiger partial charge in [0.1, 0.15) is 0 Å². The molecule has 180 valence electrons. The van der Waals surface area contributed by atoms with Crippen molar-refractivity contribution in [2.24, 2.45) is 0 Å². The lowest BCUT2D eigenvalue weighted by atomic mass is 9.83. The molecule has 0 fully saturated rings. The fraction of sp³-hybridized carbons (Fsp3) is 0.0526. The number of hydrogen-bond acceptors (Lipinski definition) is 0. The molecular weight excluding hydrogens is 456 g/mol. The van der Waals surface area contributed by atoms with E-state index < -0.39 is 0 Å². The topological polar surface area (TPSA) is 0 Å². The Morgan fingerprint density at radius 2 is 0.895 bits per heavy atom. The molecule has 0 nitrogen and oxygen atoms in total. The first kappa shape index (κ1) is 22.5. The average Bonchev–Trinajstić information content (AvgIpc) is 2.96. The molecule has 0 atom stereocenters. The van der Waals surface area contributed by atoms with Crippen LogP contribution in [-0.4, -0.2) is 0 Å². The van der Waals surface area contributed by atoms with Gasteiger partial charge < -0.3 is 0 Å². The summed E-state index contributed by atoms with van der Waals surface area (Å²) in [6.07, 6.45) is 0. The van der Waals surface area contributed by atoms with Gasteiger partial charge >= 0.3 is 0 Å². The van der Waals surface area contributed by atoms with Crippen molar-refractivity contribution in [3.63, 3.8) is 0 Å². The highest BCUT2D eigenvalue weighted by molar-refractivity contribution is 6.23. The fourth-order valence-corrected chi connectivity index (χ4v) is 5.96. The zero-order valence-electron chi connectivity index (χ0n) is 21.7. The minimum Gasteiger partial charge on any atom is -0.0622 e. The van der Waals surface area contributed by atoms with Crippen LogP contribution in [0.3, 0.4) is 0 Å². The predicted molar refractivity (Wildman–Crippen MR) is 165 cm³/mol. The van der Waals surface area contributed by atoms with Gasteiger partial charge in [-0.3, -0.25) is 0 Å². The third-order valence-corrected chi connectivity index (χ3v) is 7.77. The minimum absolute atomic E-state index is 1.24. The highest BCUT2D eigenvalue weighted by Crippen LogP contribution is 2.46. The Kier molecular flexibility index (Phi) is 5.34. The van der Waals surface area contributed by atoms with E-state index >= 15 is 0 Å². The van der Waals surface area contributed by atoms with Gasteiger partial charge in [0.2, 0.25) is 0 Å². The third kappa shape index (κ3) is 3.69. The molecule has 7 aromatic carbocycles. The van der Waals surface area contributed by atoms with Crippen LogP contribution in [0.4, 0.5) is 0 Å². The maximum Gasteiger partial charge on any atom is -0.00200 e. The van der Waals surface area contributed by atoms with E-state index in [1.807, 2.05) is 0 Å². The van der Waals surface area contributed by atoms with Crippen LogP contribution in [0.2, 0.25) is 0 Å². The molecule has 0 saturated heterocycles. The van der Waals surface area contributed by atoms with E-state index in [-0.39, 0.29) is 0 Å². The first-order chi connectivity index (χ1) is 18.7. The molecule has 0 aromatic heterocycles. The van der Waals surface area contributed by atoms with Crippen molar-refractivity contribution < 1.29 is 0 Å². The van der Waals surface area contributed by atoms with Crippen LogP contribution in [-0.2, 0) is 0 Å². The Morgan fingerprint density at radius 1 is 0.342 bits per heavy atom. The van der Waals surface area contributed by atoms with E-state index in [0.717, 1.165) is 0 Å². The Bertz CT molecular complexity index is 1950. The first-order valence-corrected chi connectivity index (χ1v) is 13.3. The van der Waals surface area contributed by atoms with Crippen LogP contribution >= 0.6 is 0 Å². The van der Waals surface area contributed by atoms with Crippen molar-refractivity contribution in [1.82, 2.24) is 0 Å². The quantitative estimate of drug-likeness (QED) is 0.219. The molecule has 0 aliphatic rings. The summed E-state index contributed by atoms with van der Waals surface area (Å²) in [4.78, 5) is 0. The molecule has 38 heavy (non-hydrogen) atoms. The molecule has 0 spiro atoms. The lowest BCUT2D eigenvalue weighted by Crippen LogP contribution is -1.93. The Balaban J connectivity index is 1.58. The summed E-state index contributed by atoms with van der Waals surface area (Å²) in [5.41, 5.74) is 10.2. The zero-order valence-corrected chi connectivity index (χ0v) is 21.7. The molecule has 0 unspecified atom stereocenters. The normalized spacial score (nSPS) is 11.4. The maximum absolute atomic E-state index is 2.37. The summed E-state index contributed by atoms with van der Waals surface area (Å²) >= 11 is 0. The molecule has 0 bridgehead atoms. The van der Waals surface area contributed by atoms with E-state index in [4.69, 9.17) is 0 Å². The Morgan fingerprint density at radius 3 is 1.63 bits per heavy atom. The van der Waals surface area contributed by atoms with Crippen LogP contribution < -0.4 is 0 Å². The monoisotopic (exact) mass is 484 g/mol. The minimum atomic E-state index is 1.24. The highest BCUT2D eigenvalue weighted by atomic mass is 14.2. The second-order valence-electron chi connectivity index (χ2n) is 10.3. The Hall–Kier alpha value is -4.68. The summed E-state index contributed by atoms with van der Waals surface area (Å²) < 4.78 is 0. The van der Waals surface area contributed by atoms with Crippen molar-refractivity contribution in [3.05, 3.63) is 145 Å². The lowest BCUT2D eigenvalue weighted by molar-refractivity contribution is 1.49. The molecule has 0 aliphatic heterocycles. The molecule has 0 saturated carbocycles. The number of rotatable bonds is 3. The van der Waals surface area contributed by atoms with E-state index in [1.165, 1.54) is 76.8 Å². The van der Waals surface area contributed by atoms with Gasteiger partial charge in [-0.25, -0.2) is 0 Å². The van der Waals surface area contributed by atoms with Crippen LogP contribution in [0, 0.1) is 13.8 Å². The van der Waals surface area contributed by atoms with Crippen molar-refractivity contribution in [3.8, 4) is 33.4 Å². The summed E-state index contributed by atoms with van der Waals surface area (Å²) in [5.74, 6) is 0. The van der Waals surface area contributed by atoms with Gasteiger partial charge in [0.25, 0.3) is 0 Å². The summed E-state index contributed by atoms with van der Waals surface area (Å²) in [6, 6.07) is 49.0. The second kappa shape index (κ2) is 9.01. The van der Waals surface area contributed by atoms with Gasteiger partial charge in [-0.05, 0) is 79.5 Å². The van der Waals surface area contributed by atoms with Crippen molar-refractivity contribution in [2.75, 3.05) is 0 Å². The maximum atomic E-state index is 2.37. The van der Waals surface area contributed by atoms with Gasteiger partial charge in [-0.15, -0.1) is 0 Å². The zero-order chi connectivity index (χ0) is 25.6. The summed E-state index contributed by atoms with van der Waals surface area (Å²) in [7, 11) is 0. The van der Waals surface area contributed by atoms with Gasteiger partial charge in [-0.1, -0.05) is 145 Å². The summed E-state index contributed by atoms with van der Waals surface area (Å²) in [6.45, 7) is 4.39. The molecule has 7 aromatic rings. The molecule has 0 N–H and O–H groups in total. The van der Waals surface area contributed by atoms with Crippen LogP contribution in [0.5, 0.6) is 0 Å². The first-order valence-electron chi connectivity index (χ1n) is 13.3. The highest BCUT2D eigenvalue weighted by Gasteiger charge is 2.18. The molecular formula is C38H28. The van der Waals surface area contributed by atoms with Gasteiger partial charge in [0.05, 0.1) is 0 Å². The van der Waals surface area contributed by atoms with Crippen molar-refractivity contribution in [2.45, 2.75) is 13.8 Å². The van der Waals surface area contributed by atoms with Crippen LogP contribution in [0.25, 0.3) is 65.7 Å². The number of fused-ring (bicyclic) bond motifs is 3. The SMILES string of the molecule is Cc1ccc2c(-c3cccc4ccccc34)c3cc(C)ccc3c(-c3ccc(-c4ccccc4)cc3)c2c1. The van der Waals surface area contributed by atoms with Crippen LogP contribution in [0.15, 0.2) is 133 Å². The van der Waals surface area contributed by atoms with E-state index in [1.54, 1.807) is 0 Å². The largest absolute Gasteiger partial charge is 0.0622 e.